The van der Waals surface area contributed by atoms with Crippen LogP contribution in [0.1, 0.15) is 11.1 Å². The maximum atomic E-state index is 10.9. The van der Waals surface area contributed by atoms with Gasteiger partial charge in [0.05, 0.1) is 20.5 Å². The number of nitro benzene ring substituents is 2. The summed E-state index contributed by atoms with van der Waals surface area (Å²) in [5.74, 6) is 1.12. The summed E-state index contributed by atoms with van der Waals surface area (Å²) < 4.78 is 12.2. The van der Waals surface area contributed by atoms with Crippen molar-refractivity contribution in [1.29, 1.82) is 0 Å². The molecular formula is C21H18IN3O6. The summed E-state index contributed by atoms with van der Waals surface area (Å²) >= 11 is 2.15. The van der Waals surface area contributed by atoms with Crippen LogP contribution in [0.25, 0.3) is 0 Å². The minimum atomic E-state index is -0.447. The number of anilines is 1. The largest absolute Gasteiger partial charge is 0.493 e. The number of hydrogen-bond donors (Lipinski definition) is 1. The quantitative estimate of drug-likeness (QED) is 0.224. The Morgan fingerprint density at radius 1 is 0.935 bits per heavy atom. The van der Waals surface area contributed by atoms with Gasteiger partial charge in [-0.15, -0.1) is 0 Å². The molecule has 0 saturated carbocycles. The molecule has 160 valence electrons. The van der Waals surface area contributed by atoms with Gasteiger partial charge in [0.25, 0.3) is 11.4 Å². The van der Waals surface area contributed by atoms with E-state index < -0.39 is 9.85 Å². The van der Waals surface area contributed by atoms with Crippen LogP contribution in [0, 0.1) is 23.8 Å². The zero-order valence-electron chi connectivity index (χ0n) is 16.4. The van der Waals surface area contributed by atoms with E-state index in [9.17, 15) is 20.2 Å². The van der Waals surface area contributed by atoms with Crippen molar-refractivity contribution in [3.05, 3.63) is 95.6 Å². The van der Waals surface area contributed by atoms with Crippen LogP contribution in [0.15, 0.2) is 60.7 Å². The average molecular weight is 535 g/mol. The van der Waals surface area contributed by atoms with Crippen molar-refractivity contribution in [2.75, 3.05) is 12.4 Å². The van der Waals surface area contributed by atoms with Gasteiger partial charge in [-0.3, -0.25) is 20.2 Å². The second-order valence-electron chi connectivity index (χ2n) is 6.48. The van der Waals surface area contributed by atoms with Gasteiger partial charge in [0, 0.05) is 36.5 Å². The fraction of sp³-hybridized carbons (Fsp3) is 0.143. The lowest BCUT2D eigenvalue weighted by Gasteiger charge is -2.15. The third kappa shape index (κ3) is 5.81. The molecule has 0 aliphatic heterocycles. The van der Waals surface area contributed by atoms with Crippen molar-refractivity contribution in [3.63, 3.8) is 0 Å². The number of ether oxygens (including phenoxy) is 2. The summed E-state index contributed by atoms with van der Waals surface area (Å²) in [4.78, 5) is 20.8. The molecule has 3 aromatic carbocycles. The van der Waals surface area contributed by atoms with Gasteiger partial charge in [-0.1, -0.05) is 6.07 Å². The van der Waals surface area contributed by atoms with Crippen LogP contribution in [0.5, 0.6) is 11.5 Å². The second-order valence-corrected chi connectivity index (χ2v) is 7.64. The average Bonchev–Trinajstić information content (AvgIpc) is 2.77. The van der Waals surface area contributed by atoms with Crippen LogP contribution < -0.4 is 14.8 Å². The van der Waals surface area contributed by atoms with Crippen molar-refractivity contribution < 1.29 is 19.3 Å². The molecule has 0 bridgehead atoms. The van der Waals surface area contributed by atoms with Gasteiger partial charge >= 0.3 is 0 Å². The van der Waals surface area contributed by atoms with E-state index in [0.717, 1.165) is 14.7 Å². The van der Waals surface area contributed by atoms with Crippen LogP contribution in [0.3, 0.4) is 0 Å². The van der Waals surface area contributed by atoms with E-state index in [1.54, 1.807) is 31.4 Å². The summed E-state index contributed by atoms with van der Waals surface area (Å²) in [6.45, 7) is 0.672. The highest BCUT2D eigenvalue weighted by Crippen LogP contribution is 2.35. The van der Waals surface area contributed by atoms with E-state index in [-0.39, 0.29) is 18.0 Å². The minimum Gasteiger partial charge on any atom is -0.493 e. The maximum absolute atomic E-state index is 10.9. The normalized spacial score (nSPS) is 10.4. The first-order valence-corrected chi connectivity index (χ1v) is 10.2. The Bertz CT molecular complexity index is 1100. The number of rotatable bonds is 9. The first-order chi connectivity index (χ1) is 14.9. The third-order valence-corrected chi connectivity index (χ3v) is 5.17. The molecule has 1 N–H and O–H groups in total. The summed E-state index contributed by atoms with van der Waals surface area (Å²) in [5, 5.41) is 24.9. The fourth-order valence-corrected chi connectivity index (χ4v) is 3.64. The molecule has 0 fully saturated rings. The van der Waals surface area contributed by atoms with E-state index in [1.165, 1.54) is 24.3 Å². The van der Waals surface area contributed by atoms with Gasteiger partial charge in [0.1, 0.15) is 6.61 Å². The number of nitrogens with one attached hydrogen (secondary N) is 1. The Morgan fingerprint density at radius 3 is 2.29 bits per heavy atom. The SMILES string of the molecule is COc1cc(CNc2cccc([N+](=O)[O-])c2)cc(I)c1OCc1ccc([N+](=O)[O-])cc1. The van der Waals surface area contributed by atoms with Gasteiger partial charge in [-0.05, 0) is 64.0 Å². The van der Waals surface area contributed by atoms with E-state index in [0.29, 0.717) is 23.7 Å². The monoisotopic (exact) mass is 535 g/mol. The molecule has 0 heterocycles. The molecule has 0 radical (unpaired) electrons. The van der Waals surface area contributed by atoms with Gasteiger partial charge < -0.3 is 14.8 Å². The first-order valence-electron chi connectivity index (χ1n) is 9.08. The molecule has 0 atom stereocenters. The predicted molar refractivity (Wildman–Crippen MR) is 124 cm³/mol. The highest BCUT2D eigenvalue weighted by Gasteiger charge is 2.13. The Morgan fingerprint density at radius 2 is 1.65 bits per heavy atom. The lowest BCUT2D eigenvalue weighted by atomic mass is 10.2. The molecule has 10 heteroatoms. The van der Waals surface area contributed by atoms with E-state index in [1.807, 2.05) is 12.1 Å². The number of hydrogen-bond acceptors (Lipinski definition) is 7. The van der Waals surface area contributed by atoms with Crippen LogP contribution in [0.2, 0.25) is 0 Å². The van der Waals surface area contributed by atoms with Gasteiger partial charge in [0.15, 0.2) is 11.5 Å². The number of benzene rings is 3. The summed E-state index contributed by atoms with van der Waals surface area (Å²) in [6.07, 6.45) is 0. The Hall–Kier alpha value is -3.41. The van der Waals surface area contributed by atoms with Crippen LogP contribution >= 0.6 is 22.6 Å². The summed E-state index contributed by atoms with van der Waals surface area (Å²) in [6, 6.07) is 16.2. The van der Waals surface area contributed by atoms with E-state index in [4.69, 9.17) is 9.47 Å². The highest BCUT2D eigenvalue weighted by molar-refractivity contribution is 14.1. The molecule has 0 amide bonds. The number of methoxy groups -OCH3 is 1. The Labute approximate surface area is 191 Å². The highest BCUT2D eigenvalue weighted by atomic mass is 127. The summed E-state index contributed by atoms with van der Waals surface area (Å²) in [5.41, 5.74) is 2.39. The molecule has 0 aromatic heterocycles. The van der Waals surface area contributed by atoms with Crippen LogP contribution in [0.4, 0.5) is 17.1 Å². The molecule has 0 aliphatic rings. The standard InChI is InChI=1S/C21H18IN3O6/c1-30-20-10-15(12-23-16-3-2-4-18(11-16)25(28)29)9-19(22)21(20)31-13-14-5-7-17(8-6-14)24(26)27/h2-11,23H,12-13H2,1H3. The lowest BCUT2D eigenvalue weighted by molar-refractivity contribution is -0.385. The molecule has 0 unspecified atom stereocenters. The molecule has 9 nitrogen and oxygen atoms in total. The van der Waals surface area contributed by atoms with E-state index >= 15 is 0 Å². The fourth-order valence-electron chi connectivity index (χ4n) is 2.82. The number of nitro groups is 2. The zero-order valence-corrected chi connectivity index (χ0v) is 18.6. The number of halogens is 1. The molecule has 31 heavy (non-hydrogen) atoms. The van der Waals surface area contributed by atoms with Crippen LogP contribution in [-0.4, -0.2) is 17.0 Å². The Balaban J connectivity index is 1.70. The van der Waals surface area contributed by atoms with Crippen molar-refractivity contribution in [2.24, 2.45) is 0 Å². The molecule has 3 rings (SSSR count). The second kappa shape index (κ2) is 10.1. The van der Waals surface area contributed by atoms with Crippen LogP contribution in [-0.2, 0) is 13.2 Å². The topological polar surface area (TPSA) is 117 Å². The zero-order chi connectivity index (χ0) is 22.4. The minimum absolute atomic E-state index is 0.0205. The predicted octanol–water partition coefficient (Wildman–Crippen LogP) is 5.31. The van der Waals surface area contributed by atoms with Crippen molar-refractivity contribution in [2.45, 2.75) is 13.2 Å². The van der Waals surface area contributed by atoms with Gasteiger partial charge in [-0.25, -0.2) is 0 Å². The lowest BCUT2D eigenvalue weighted by Crippen LogP contribution is -2.04. The molecule has 0 saturated heterocycles. The number of nitrogens with zero attached hydrogens (tertiary/aromatic N) is 2. The maximum Gasteiger partial charge on any atom is 0.271 e. The van der Waals surface area contributed by atoms with Gasteiger partial charge in [-0.2, -0.15) is 0 Å². The smallest absolute Gasteiger partial charge is 0.271 e. The van der Waals surface area contributed by atoms with Gasteiger partial charge in [0.2, 0.25) is 0 Å². The van der Waals surface area contributed by atoms with Crippen molar-refractivity contribution in [3.8, 4) is 11.5 Å². The summed E-state index contributed by atoms with van der Waals surface area (Å²) in [7, 11) is 1.54. The molecule has 3 aromatic rings. The molecular weight excluding hydrogens is 517 g/mol. The van der Waals surface area contributed by atoms with Crippen molar-refractivity contribution in [1.82, 2.24) is 0 Å². The molecule has 0 spiro atoms. The first kappa shape index (κ1) is 22.3. The Kier molecular flexibility index (Phi) is 7.23. The van der Waals surface area contributed by atoms with Crippen molar-refractivity contribution >= 4 is 39.7 Å². The number of non-ortho nitro benzene ring substituents is 2. The van der Waals surface area contributed by atoms with E-state index in [2.05, 4.69) is 27.9 Å². The third-order valence-electron chi connectivity index (χ3n) is 4.37. The molecule has 0 aliphatic carbocycles.